The van der Waals surface area contributed by atoms with Crippen molar-refractivity contribution in [3.63, 3.8) is 0 Å². The lowest BCUT2D eigenvalue weighted by atomic mass is 9.73. The topological polar surface area (TPSA) is 57.6 Å². The minimum Gasteiger partial charge on any atom is -0.481 e. The molecule has 2 atom stereocenters. The van der Waals surface area contributed by atoms with Crippen LogP contribution in [0.1, 0.15) is 18.4 Å². The molecule has 1 saturated carbocycles. The summed E-state index contributed by atoms with van der Waals surface area (Å²) in [5, 5.41) is 12.3. The highest BCUT2D eigenvalue weighted by atomic mass is 32.1. The zero-order valence-electron chi connectivity index (χ0n) is 11.8. The molecule has 21 heavy (non-hydrogen) atoms. The number of hydrogen-bond acceptors (Lipinski definition) is 3. The Morgan fingerprint density at radius 1 is 1.29 bits per heavy atom. The molecule has 0 bridgehead atoms. The van der Waals surface area contributed by atoms with Gasteiger partial charge in [-0.3, -0.25) is 9.59 Å². The van der Waals surface area contributed by atoms with E-state index in [4.69, 9.17) is 5.11 Å². The predicted molar refractivity (Wildman–Crippen MR) is 82.1 cm³/mol. The van der Waals surface area contributed by atoms with E-state index in [1.54, 1.807) is 23.3 Å². The molecule has 1 aliphatic rings. The molecule has 0 spiro atoms. The molecule has 2 aromatic rings. The monoisotopic (exact) mass is 303 g/mol. The van der Waals surface area contributed by atoms with Crippen LogP contribution < -0.4 is 0 Å². The molecule has 1 N–H and O–H groups in total. The summed E-state index contributed by atoms with van der Waals surface area (Å²) in [6.45, 7) is 0.533. The predicted octanol–water partition coefficient (Wildman–Crippen LogP) is 2.97. The quantitative estimate of drug-likeness (QED) is 0.944. The maximum atomic E-state index is 12.4. The number of rotatable bonds is 4. The zero-order valence-corrected chi connectivity index (χ0v) is 12.6. The van der Waals surface area contributed by atoms with E-state index in [0.29, 0.717) is 19.4 Å². The van der Waals surface area contributed by atoms with Gasteiger partial charge in [0, 0.05) is 18.3 Å². The maximum absolute atomic E-state index is 12.4. The second-order valence-electron chi connectivity index (χ2n) is 5.58. The molecule has 1 amide bonds. The van der Waals surface area contributed by atoms with Gasteiger partial charge in [-0.25, -0.2) is 0 Å². The van der Waals surface area contributed by atoms with Crippen molar-refractivity contribution in [3.8, 4) is 0 Å². The number of thiophene rings is 1. The number of carboxylic acids is 1. The molecule has 0 radical (unpaired) electrons. The Hall–Kier alpha value is -1.88. The molecular formula is C16H17NO3S. The second-order valence-corrected chi connectivity index (χ2v) is 6.49. The van der Waals surface area contributed by atoms with E-state index >= 15 is 0 Å². The molecule has 0 saturated heterocycles. The normalized spacial score (nSPS) is 21.0. The summed E-state index contributed by atoms with van der Waals surface area (Å²) in [6.07, 6.45) is 1.30. The van der Waals surface area contributed by atoms with Crippen LogP contribution in [0.4, 0.5) is 0 Å². The van der Waals surface area contributed by atoms with Crippen LogP contribution in [0.5, 0.6) is 0 Å². The van der Waals surface area contributed by atoms with Crippen molar-refractivity contribution in [3.05, 3.63) is 35.2 Å². The lowest BCUT2D eigenvalue weighted by molar-refractivity contribution is -0.156. The number of carbonyl (C=O) groups excluding carboxylic acids is 1. The van der Waals surface area contributed by atoms with Crippen LogP contribution in [0.25, 0.3) is 10.1 Å². The molecule has 1 heterocycles. The van der Waals surface area contributed by atoms with E-state index < -0.39 is 11.9 Å². The third kappa shape index (κ3) is 2.53. The van der Waals surface area contributed by atoms with Gasteiger partial charge < -0.3 is 10.0 Å². The lowest BCUT2D eigenvalue weighted by Gasteiger charge is -2.35. The summed E-state index contributed by atoms with van der Waals surface area (Å²) in [7, 11) is 1.76. The summed E-state index contributed by atoms with van der Waals surface area (Å²) >= 11 is 1.67. The van der Waals surface area contributed by atoms with Gasteiger partial charge in [-0.2, -0.15) is 0 Å². The van der Waals surface area contributed by atoms with Gasteiger partial charge in [0.25, 0.3) is 0 Å². The van der Waals surface area contributed by atoms with Crippen LogP contribution in [0.3, 0.4) is 0 Å². The first kappa shape index (κ1) is 14.1. The number of hydrogen-bond donors (Lipinski definition) is 1. The van der Waals surface area contributed by atoms with Gasteiger partial charge in [-0.15, -0.1) is 11.3 Å². The van der Waals surface area contributed by atoms with E-state index in [0.717, 1.165) is 5.56 Å². The molecule has 0 aliphatic heterocycles. The molecule has 3 rings (SSSR count). The lowest BCUT2D eigenvalue weighted by Crippen LogP contribution is -2.44. The van der Waals surface area contributed by atoms with Crippen LogP contribution in [0.15, 0.2) is 29.6 Å². The Morgan fingerprint density at radius 3 is 2.67 bits per heavy atom. The van der Waals surface area contributed by atoms with Gasteiger partial charge in [0.2, 0.25) is 5.91 Å². The third-order valence-corrected chi connectivity index (χ3v) is 5.27. The summed E-state index contributed by atoms with van der Waals surface area (Å²) in [6, 6.07) is 8.12. The Morgan fingerprint density at radius 2 is 2.00 bits per heavy atom. The van der Waals surface area contributed by atoms with E-state index in [1.165, 1.54) is 10.1 Å². The van der Waals surface area contributed by atoms with Crippen molar-refractivity contribution in [2.24, 2.45) is 11.8 Å². The van der Waals surface area contributed by atoms with Crippen molar-refractivity contribution in [1.29, 1.82) is 0 Å². The van der Waals surface area contributed by atoms with Crippen molar-refractivity contribution in [2.45, 2.75) is 19.4 Å². The first-order valence-electron chi connectivity index (χ1n) is 7.01. The molecule has 5 heteroatoms. The fourth-order valence-corrected chi connectivity index (χ4v) is 3.82. The minimum absolute atomic E-state index is 0.0519. The number of fused-ring (bicyclic) bond motifs is 1. The van der Waals surface area contributed by atoms with Gasteiger partial charge in [0.05, 0.1) is 11.8 Å². The first-order valence-corrected chi connectivity index (χ1v) is 7.89. The minimum atomic E-state index is -0.853. The van der Waals surface area contributed by atoms with Crippen molar-refractivity contribution < 1.29 is 14.7 Å². The number of carbonyl (C=O) groups is 2. The SMILES string of the molecule is CN(Cc1csc2ccccc12)C(=O)C1CCC1C(=O)O. The maximum Gasteiger partial charge on any atom is 0.307 e. The van der Waals surface area contributed by atoms with Gasteiger partial charge in [-0.05, 0) is 35.2 Å². The average Bonchev–Trinajstić information content (AvgIpc) is 2.80. The highest BCUT2D eigenvalue weighted by Crippen LogP contribution is 2.36. The fourth-order valence-electron chi connectivity index (χ4n) is 2.86. The van der Waals surface area contributed by atoms with E-state index in [1.807, 2.05) is 12.1 Å². The highest BCUT2D eigenvalue weighted by molar-refractivity contribution is 7.17. The van der Waals surface area contributed by atoms with Gasteiger partial charge >= 0.3 is 5.97 Å². The van der Waals surface area contributed by atoms with Crippen LogP contribution in [0.2, 0.25) is 0 Å². The van der Waals surface area contributed by atoms with Gasteiger partial charge in [-0.1, -0.05) is 18.2 Å². The summed E-state index contributed by atoms with van der Waals surface area (Å²) in [5.74, 6) is -1.76. The number of nitrogens with zero attached hydrogens (tertiary/aromatic N) is 1. The number of carboxylic acid groups (broad SMARTS) is 1. The fraction of sp³-hybridized carbons (Fsp3) is 0.375. The number of amides is 1. The third-order valence-electron chi connectivity index (χ3n) is 4.25. The van der Waals surface area contributed by atoms with Gasteiger partial charge in [0.15, 0.2) is 0 Å². The van der Waals surface area contributed by atoms with Gasteiger partial charge in [0.1, 0.15) is 0 Å². The molecule has 1 aromatic carbocycles. The van der Waals surface area contributed by atoms with Crippen molar-refractivity contribution >= 4 is 33.3 Å². The largest absolute Gasteiger partial charge is 0.481 e. The Labute approximate surface area is 127 Å². The standard InChI is InChI=1S/C16H17NO3S/c1-17(15(18)12-6-7-13(12)16(19)20)8-10-9-21-14-5-3-2-4-11(10)14/h2-5,9,12-13H,6-8H2,1H3,(H,19,20). The molecular weight excluding hydrogens is 286 g/mol. The summed E-state index contributed by atoms with van der Waals surface area (Å²) in [4.78, 5) is 25.1. The molecule has 4 nitrogen and oxygen atoms in total. The first-order chi connectivity index (χ1) is 10.1. The second kappa shape index (κ2) is 5.48. The average molecular weight is 303 g/mol. The molecule has 1 aliphatic carbocycles. The molecule has 1 aromatic heterocycles. The van der Waals surface area contributed by atoms with Crippen LogP contribution >= 0.6 is 11.3 Å². The van der Waals surface area contributed by atoms with E-state index in [-0.39, 0.29) is 11.8 Å². The summed E-state index contributed by atoms with van der Waals surface area (Å²) in [5.41, 5.74) is 1.12. The van der Waals surface area contributed by atoms with Crippen molar-refractivity contribution in [2.75, 3.05) is 7.05 Å². The molecule has 2 unspecified atom stereocenters. The van der Waals surface area contributed by atoms with E-state index in [2.05, 4.69) is 17.5 Å². The molecule has 110 valence electrons. The highest BCUT2D eigenvalue weighted by Gasteiger charge is 2.42. The van der Waals surface area contributed by atoms with Crippen LogP contribution in [-0.4, -0.2) is 28.9 Å². The van der Waals surface area contributed by atoms with Crippen LogP contribution in [0, 0.1) is 11.8 Å². The Bertz CT molecular complexity index is 694. The van der Waals surface area contributed by atoms with Crippen LogP contribution in [-0.2, 0) is 16.1 Å². The Balaban J connectivity index is 1.73. The molecule has 1 fully saturated rings. The zero-order chi connectivity index (χ0) is 15.0. The van der Waals surface area contributed by atoms with Crippen molar-refractivity contribution in [1.82, 2.24) is 4.90 Å². The number of aliphatic carboxylic acids is 1. The smallest absolute Gasteiger partial charge is 0.307 e. The summed E-state index contributed by atoms with van der Waals surface area (Å²) < 4.78 is 1.21. The van der Waals surface area contributed by atoms with E-state index in [9.17, 15) is 9.59 Å². The number of benzene rings is 1. The Kier molecular flexibility index (Phi) is 3.68.